The highest BCUT2D eigenvalue weighted by atomic mass is 16.6. The topological polar surface area (TPSA) is 50.8 Å². The molecule has 2 aliphatic heterocycles. The molecule has 3 rings (SSSR count). The first-order chi connectivity index (χ1) is 11.8. The molecule has 0 aliphatic carbocycles. The number of carbonyl (C=O) groups is 1. The van der Waals surface area contributed by atoms with E-state index in [-0.39, 0.29) is 12.2 Å². The number of hydrogen-bond acceptors (Lipinski definition) is 4. The van der Waals surface area contributed by atoms with E-state index in [4.69, 9.17) is 9.47 Å². The van der Waals surface area contributed by atoms with Crippen molar-refractivity contribution in [2.75, 3.05) is 32.8 Å². The van der Waals surface area contributed by atoms with Gasteiger partial charge in [0.25, 0.3) is 0 Å². The molecule has 132 valence electrons. The summed E-state index contributed by atoms with van der Waals surface area (Å²) < 4.78 is 11.0. The average molecular weight is 332 g/mol. The fraction of sp³-hybridized carbons (Fsp3) is 0.632. The highest BCUT2D eigenvalue weighted by Crippen LogP contribution is 2.34. The van der Waals surface area contributed by atoms with E-state index in [9.17, 15) is 4.79 Å². The van der Waals surface area contributed by atoms with Gasteiger partial charge in [0.05, 0.1) is 12.7 Å². The second-order valence-corrected chi connectivity index (χ2v) is 6.62. The number of hydrogen-bond donors (Lipinski definition) is 1. The van der Waals surface area contributed by atoms with Crippen LogP contribution in [0.5, 0.6) is 0 Å². The predicted octanol–water partition coefficient (Wildman–Crippen LogP) is 2.97. The van der Waals surface area contributed by atoms with Crippen LogP contribution in [-0.4, -0.2) is 49.9 Å². The van der Waals surface area contributed by atoms with Gasteiger partial charge in [0.2, 0.25) is 0 Å². The second-order valence-electron chi connectivity index (χ2n) is 6.62. The van der Waals surface area contributed by atoms with Gasteiger partial charge in [-0.05, 0) is 31.7 Å². The molecule has 24 heavy (non-hydrogen) atoms. The molecule has 5 heteroatoms. The Balaban J connectivity index is 1.44. The monoisotopic (exact) mass is 332 g/mol. The molecule has 2 heterocycles. The lowest BCUT2D eigenvalue weighted by atomic mass is 9.94. The zero-order chi connectivity index (χ0) is 16.8. The van der Waals surface area contributed by atoms with Crippen LogP contribution in [0.25, 0.3) is 0 Å². The molecular formula is C19H28N2O3. The third kappa shape index (κ3) is 4.28. The number of piperidine rings is 1. The molecule has 1 aromatic carbocycles. The first kappa shape index (κ1) is 17.2. The lowest BCUT2D eigenvalue weighted by Crippen LogP contribution is -2.46. The minimum atomic E-state index is -0.177. The number of amides is 1. The van der Waals surface area contributed by atoms with Crippen molar-refractivity contribution in [1.82, 2.24) is 10.2 Å². The summed E-state index contributed by atoms with van der Waals surface area (Å²) in [5.41, 5.74) is 1.28. The third-order valence-corrected chi connectivity index (χ3v) is 5.03. The lowest BCUT2D eigenvalue weighted by Gasteiger charge is -2.32. The van der Waals surface area contributed by atoms with E-state index in [0.717, 1.165) is 45.5 Å². The van der Waals surface area contributed by atoms with Crippen molar-refractivity contribution in [3.8, 4) is 0 Å². The molecule has 1 aromatic rings. The van der Waals surface area contributed by atoms with Crippen molar-refractivity contribution in [3.05, 3.63) is 35.9 Å². The van der Waals surface area contributed by atoms with E-state index < -0.39 is 0 Å². The Morgan fingerprint density at radius 3 is 2.71 bits per heavy atom. The van der Waals surface area contributed by atoms with Crippen LogP contribution in [0.2, 0.25) is 0 Å². The zero-order valence-corrected chi connectivity index (χ0v) is 14.4. The van der Waals surface area contributed by atoms with Crippen molar-refractivity contribution >= 4 is 6.09 Å². The SMILES string of the molecule is CCOC(=O)N1CCC(NC[C@@H]2CCO[C@@H]2c2ccccc2)CC1. The smallest absolute Gasteiger partial charge is 0.409 e. The van der Waals surface area contributed by atoms with E-state index >= 15 is 0 Å². The third-order valence-electron chi connectivity index (χ3n) is 5.03. The van der Waals surface area contributed by atoms with Gasteiger partial charge in [-0.3, -0.25) is 0 Å². The normalized spacial score (nSPS) is 25.0. The molecular weight excluding hydrogens is 304 g/mol. The van der Waals surface area contributed by atoms with Crippen LogP contribution in [0.1, 0.15) is 37.9 Å². The molecule has 2 fully saturated rings. The van der Waals surface area contributed by atoms with Gasteiger partial charge in [-0.15, -0.1) is 0 Å². The summed E-state index contributed by atoms with van der Waals surface area (Å²) in [6.45, 7) is 5.66. The molecule has 5 nitrogen and oxygen atoms in total. The molecule has 2 saturated heterocycles. The Morgan fingerprint density at radius 1 is 1.25 bits per heavy atom. The summed E-state index contributed by atoms with van der Waals surface area (Å²) in [5.74, 6) is 0.524. The molecule has 0 unspecified atom stereocenters. The van der Waals surface area contributed by atoms with Crippen molar-refractivity contribution in [1.29, 1.82) is 0 Å². The van der Waals surface area contributed by atoms with Crippen LogP contribution in [0.4, 0.5) is 4.79 Å². The standard InChI is InChI=1S/C19H28N2O3/c1-2-23-19(22)21-11-8-17(9-12-21)20-14-16-10-13-24-18(16)15-6-4-3-5-7-15/h3-7,16-18,20H,2,8-14H2,1H3/t16-,18+/m0/s1. The maximum atomic E-state index is 11.7. The maximum Gasteiger partial charge on any atom is 0.409 e. The van der Waals surface area contributed by atoms with Gasteiger partial charge >= 0.3 is 6.09 Å². The summed E-state index contributed by atoms with van der Waals surface area (Å²) in [5, 5.41) is 3.70. The fourth-order valence-corrected chi connectivity index (χ4v) is 3.65. The number of nitrogens with zero attached hydrogens (tertiary/aromatic N) is 1. The van der Waals surface area contributed by atoms with E-state index in [0.29, 0.717) is 18.6 Å². The van der Waals surface area contributed by atoms with Gasteiger partial charge in [0, 0.05) is 38.2 Å². The Labute approximate surface area is 144 Å². The minimum absolute atomic E-state index is 0.177. The first-order valence-corrected chi connectivity index (χ1v) is 9.09. The van der Waals surface area contributed by atoms with Gasteiger partial charge in [-0.25, -0.2) is 4.79 Å². The van der Waals surface area contributed by atoms with Gasteiger partial charge in [-0.1, -0.05) is 30.3 Å². The number of nitrogens with one attached hydrogen (secondary N) is 1. The Kier molecular flexibility index (Phi) is 6.10. The summed E-state index contributed by atoms with van der Waals surface area (Å²) in [4.78, 5) is 13.6. The minimum Gasteiger partial charge on any atom is -0.450 e. The van der Waals surface area contributed by atoms with Gasteiger partial charge in [-0.2, -0.15) is 0 Å². The molecule has 0 spiro atoms. The van der Waals surface area contributed by atoms with Crippen molar-refractivity contribution in [3.63, 3.8) is 0 Å². The molecule has 2 atom stereocenters. The van der Waals surface area contributed by atoms with E-state index in [1.54, 1.807) is 0 Å². The van der Waals surface area contributed by atoms with Crippen LogP contribution in [0, 0.1) is 5.92 Å². The van der Waals surface area contributed by atoms with E-state index in [1.165, 1.54) is 5.56 Å². The summed E-state index contributed by atoms with van der Waals surface area (Å²) in [6, 6.07) is 11.0. The average Bonchev–Trinajstić information content (AvgIpc) is 3.10. The molecule has 0 saturated carbocycles. The quantitative estimate of drug-likeness (QED) is 0.901. The largest absolute Gasteiger partial charge is 0.450 e. The molecule has 0 bridgehead atoms. The van der Waals surface area contributed by atoms with E-state index in [1.807, 2.05) is 17.9 Å². The van der Waals surface area contributed by atoms with Crippen LogP contribution in [0.3, 0.4) is 0 Å². The van der Waals surface area contributed by atoms with Crippen molar-refractivity contribution in [2.45, 2.75) is 38.3 Å². The predicted molar refractivity (Wildman–Crippen MR) is 92.9 cm³/mol. The van der Waals surface area contributed by atoms with Crippen LogP contribution in [0.15, 0.2) is 30.3 Å². The van der Waals surface area contributed by atoms with Crippen LogP contribution in [-0.2, 0) is 9.47 Å². The highest BCUT2D eigenvalue weighted by molar-refractivity contribution is 5.67. The zero-order valence-electron chi connectivity index (χ0n) is 14.4. The molecule has 0 radical (unpaired) electrons. The van der Waals surface area contributed by atoms with E-state index in [2.05, 4.69) is 29.6 Å². The highest BCUT2D eigenvalue weighted by Gasteiger charge is 2.30. The van der Waals surface area contributed by atoms with Gasteiger partial charge in [0.1, 0.15) is 0 Å². The second kappa shape index (κ2) is 8.49. The fourth-order valence-electron chi connectivity index (χ4n) is 3.65. The van der Waals surface area contributed by atoms with Crippen LogP contribution < -0.4 is 5.32 Å². The first-order valence-electron chi connectivity index (χ1n) is 9.09. The number of benzene rings is 1. The molecule has 1 N–H and O–H groups in total. The number of likely N-dealkylation sites (tertiary alicyclic amines) is 1. The Bertz CT molecular complexity index is 515. The molecule has 1 amide bonds. The Morgan fingerprint density at radius 2 is 2.00 bits per heavy atom. The number of rotatable bonds is 5. The van der Waals surface area contributed by atoms with Gasteiger partial charge in [0.15, 0.2) is 0 Å². The van der Waals surface area contributed by atoms with Crippen molar-refractivity contribution < 1.29 is 14.3 Å². The maximum absolute atomic E-state index is 11.7. The number of ether oxygens (including phenoxy) is 2. The molecule has 0 aromatic heterocycles. The Hall–Kier alpha value is -1.59. The molecule has 2 aliphatic rings. The van der Waals surface area contributed by atoms with Crippen molar-refractivity contribution in [2.24, 2.45) is 5.92 Å². The summed E-state index contributed by atoms with van der Waals surface area (Å²) in [6.07, 6.45) is 3.11. The number of carbonyl (C=O) groups excluding carboxylic acids is 1. The van der Waals surface area contributed by atoms with Crippen LogP contribution >= 0.6 is 0 Å². The summed E-state index contributed by atoms with van der Waals surface area (Å²) >= 11 is 0. The summed E-state index contributed by atoms with van der Waals surface area (Å²) in [7, 11) is 0. The lowest BCUT2D eigenvalue weighted by molar-refractivity contribution is 0.0855. The van der Waals surface area contributed by atoms with Gasteiger partial charge < -0.3 is 19.7 Å².